The Morgan fingerprint density at radius 3 is 1.90 bits per heavy atom. The van der Waals surface area contributed by atoms with Gasteiger partial charge in [-0.3, -0.25) is 9.10 Å². The summed E-state index contributed by atoms with van der Waals surface area (Å²) in [6.07, 6.45) is 12.4. The minimum Gasteiger partial charge on any atom is -0.497 e. The van der Waals surface area contributed by atoms with Gasteiger partial charge >= 0.3 is 0 Å². The minimum atomic E-state index is -4.15. The maximum absolute atomic E-state index is 13.8. The van der Waals surface area contributed by atoms with Crippen LogP contribution in [-0.4, -0.2) is 47.9 Å². The van der Waals surface area contributed by atoms with E-state index in [2.05, 4.69) is 10.5 Å². The van der Waals surface area contributed by atoms with Gasteiger partial charge in [-0.1, -0.05) is 44.9 Å². The first-order valence-electron chi connectivity index (χ1n) is 13.6. The molecule has 1 aliphatic rings. The summed E-state index contributed by atoms with van der Waals surface area (Å²) in [5.41, 5.74) is 3.90. The van der Waals surface area contributed by atoms with Crippen molar-refractivity contribution in [3.05, 3.63) is 42.5 Å². The molecule has 10 heteroatoms. The van der Waals surface area contributed by atoms with Gasteiger partial charge in [0, 0.05) is 11.8 Å². The van der Waals surface area contributed by atoms with Crippen molar-refractivity contribution in [2.45, 2.75) is 75.5 Å². The summed E-state index contributed by atoms with van der Waals surface area (Å²) in [5, 5.41) is 4.43. The van der Waals surface area contributed by atoms with Crippen LogP contribution in [-0.2, 0) is 14.8 Å². The SMILES string of the molecule is COc1ccc(N(CC(=O)NN=C2CCCCCCCCCCC2)S(=O)(=O)c2ccc(OC)c(OC)c2)cc1. The number of hydrazone groups is 1. The zero-order valence-corrected chi connectivity index (χ0v) is 24.1. The molecular weight excluding hydrogens is 518 g/mol. The number of methoxy groups -OCH3 is 3. The van der Waals surface area contributed by atoms with E-state index in [0.29, 0.717) is 17.2 Å². The zero-order chi connectivity index (χ0) is 28.1. The third-order valence-electron chi connectivity index (χ3n) is 6.86. The average Bonchev–Trinajstić information content (AvgIpc) is 2.95. The third-order valence-corrected chi connectivity index (χ3v) is 8.63. The molecule has 0 atom stereocenters. The van der Waals surface area contributed by atoms with Crippen molar-refractivity contribution < 1.29 is 27.4 Å². The summed E-state index contributed by atoms with van der Waals surface area (Å²) in [6.45, 7) is -0.445. The molecular formula is C29H41N3O6S. The van der Waals surface area contributed by atoms with E-state index in [9.17, 15) is 13.2 Å². The maximum Gasteiger partial charge on any atom is 0.264 e. The number of ether oxygens (including phenoxy) is 3. The number of carbonyl (C=O) groups excluding carboxylic acids is 1. The van der Waals surface area contributed by atoms with Gasteiger partial charge in [0.1, 0.15) is 12.3 Å². The molecule has 0 aliphatic heterocycles. The van der Waals surface area contributed by atoms with Crippen molar-refractivity contribution in [1.29, 1.82) is 0 Å². The van der Waals surface area contributed by atoms with E-state index < -0.39 is 22.5 Å². The number of carbonyl (C=O) groups is 1. The first-order valence-corrected chi connectivity index (χ1v) is 15.1. The smallest absolute Gasteiger partial charge is 0.264 e. The molecule has 0 bridgehead atoms. The highest BCUT2D eigenvalue weighted by Gasteiger charge is 2.28. The van der Waals surface area contributed by atoms with Gasteiger partial charge in [-0.15, -0.1) is 0 Å². The van der Waals surface area contributed by atoms with Crippen molar-refractivity contribution >= 4 is 27.3 Å². The van der Waals surface area contributed by atoms with E-state index in [1.165, 1.54) is 71.6 Å². The molecule has 9 nitrogen and oxygen atoms in total. The summed E-state index contributed by atoms with van der Waals surface area (Å²) in [6, 6.07) is 10.8. The number of amides is 1. The summed E-state index contributed by atoms with van der Waals surface area (Å²) >= 11 is 0. The molecule has 39 heavy (non-hydrogen) atoms. The standard InChI is InChI=1S/C29H41N3O6S/c1-36-25-17-15-24(16-18-25)32(39(34,35)26-19-20-27(37-2)28(21-26)38-3)22-29(33)31-30-23-13-11-9-7-5-4-6-8-10-12-14-23/h15-21H,4-14,22H2,1-3H3,(H,31,33). The Kier molecular flexibility index (Phi) is 11.9. The summed E-state index contributed by atoms with van der Waals surface area (Å²) in [5.74, 6) is 0.721. The molecule has 214 valence electrons. The number of nitrogens with zero attached hydrogens (tertiary/aromatic N) is 2. The van der Waals surface area contributed by atoms with Crippen LogP contribution < -0.4 is 23.9 Å². The van der Waals surface area contributed by atoms with Crippen molar-refractivity contribution in [3.8, 4) is 17.2 Å². The van der Waals surface area contributed by atoms with E-state index in [4.69, 9.17) is 14.2 Å². The molecule has 1 amide bonds. The maximum atomic E-state index is 13.8. The second-order valence-corrected chi connectivity index (χ2v) is 11.5. The topological polar surface area (TPSA) is 107 Å². The van der Waals surface area contributed by atoms with Crippen LogP contribution in [0.1, 0.15) is 70.6 Å². The van der Waals surface area contributed by atoms with Crippen LogP contribution >= 0.6 is 0 Å². The van der Waals surface area contributed by atoms with E-state index in [0.717, 1.165) is 48.5 Å². The average molecular weight is 560 g/mol. The number of nitrogens with one attached hydrogen (secondary N) is 1. The van der Waals surface area contributed by atoms with Crippen molar-refractivity contribution in [2.24, 2.45) is 5.10 Å². The van der Waals surface area contributed by atoms with Gasteiger partial charge in [0.25, 0.3) is 15.9 Å². The van der Waals surface area contributed by atoms with E-state index in [-0.39, 0.29) is 10.6 Å². The lowest BCUT2D eigenvalue weighted by Gasteiger charge is -2.24. The Hall–Kier alpha value is -3.27. The Balaban J connectivity index is 1.83. The molecule has 1 saturated carbocycles. The van der Waals surface area contributed by atoms with Crippen molar-refractivity contribution in [3.63, 3.8) is 0 Å². The Bertz CT molecular complexity index is 1180. The number of sulfonamides is 1. The van der Waals surface area contributed by atoms with Gasteiger partial charge in [0.05, 0.1) is 31.9 Å². The van der Waals surface area contributed by atoms with Crippen LogP contribution in [0.2, 0.25) is 0 Å². The van der Waals surface area contributed by atoms with Crippen LogP contribution in [0.25, 0.3) is 0 Å². The quantitative estimate of drug-likeness (QED) is 0.396. The minimum absolute atomic E-state index is 0.0330. The van der Waals surface area contributed by atoms with Crippen LogP contribution in [0.3, 0.4) is 0 Å². The van der Waals surface area contributed by atoms with Crippen LogP contribution in [0, 0.1) is 0 Å². The molecule has 0 unspecified atom stereocenters. The van der Waals surface area contributed by atoms with E-state index in [1.807, 2.05) is 0 Å². The van der Waals surface area contributed by atoms with Crippen LogP contribution in [0.4, 0.5) is 5.69 Å². The van der Waals surface area contributed by atoms with Gasteiger partial charge in [-0.2, -0.15) is 5.10 Å². The fourth-order valence-corrected chi connectivity index (χ4v) is 6.04. The number of anilines is 1. The lowest BCUT2D eigenvalue weighted by molar-refractivity contribution is -0.119. The highest BCUT2D eigenvalue weighted by atomic mass is 32.2. The van der Waals surface area contributed by atoms with Crippen molar-refractivity contribution in [1.82, 2.24) is 5.43 Å². The first kappa shape index (κ1) is 30.3. The first-order chi connectivity index (χ1) is 18.9. The zero-order valence-electron chi connectivity index (χ0n) is 23.3. The second kappa shape index (κ2) is 15.4. The summed E-state index contributed by atoms with van der Waals surface area (Å²) in [4.78, 5) is 13.0. The molecule has 0 heterocycles. The molecule has 0 saturated heterocycles. The molecule has 3 rings (SSSR count). The number of hydrogen-bond donors (Lipinski definition) is 1. The van der Waals surface area contributed by atoms with E-state index in [1.54, 1.807) is 24.3 Å². The Morgan fingerprint density at radius 2 is 1.36 bits per heavy atom. The Labute approximate surface area is 232 Å². The highest BCUT2D eigenvalue weighted by Crippen LogP contribution is 2.32. The van der Waals surface area contributed by atoms with Gasteiger partial charge in [0.15, 0.2) is 11.5 Å². The van der Waals surface area contributed by atoms with Gasteiger partial charge in [-0.25, -0.2) is 13.8 Å². The molecule has 2 aromatic rings. The van der Waals surface area contributed by atoms with Gasteiger partial charge < -0.3 is 14.2 Å². The molecule has 1 N–H and O–H groups in total. The predicted octanol–water partition coefficient (Wildman–Crippen LogP) is 5.68. The largest absolute Gasteiger partial charge is 0.497 e. The van der Waals surface area contributed by atoms with Gasteiger partial charge in [-0.05, 0) is 62.1 Å². The Morgan fingerprint density at radius 1 is 0.795 bits per heavy atom. The van der Waals surface area contributed by atoms with Gasteiger partial charge in [0.2, 0.25) is 0 Å². The van der Waals surface area contributed by atoms with Crippen molar-refractivity contribution in [2.75, 3.05) is 32.2 Å². The number of rotatable bonds is 9. The fourth-order valence-electron chi connectivity index (χ4n) is 4.61. The molecule has 0 radical (unpaired) electrons. The third kappa shape index (κ3) is 8.88. The molecule has 1 fully saturated rings. The normalized spacial score (nSPS) is 15.3. The summed E-state index contributed by atoms with van der Waals surface area (Å²) < 4.78 is 44.4. The number of benzene rings is 2. The lowest BCUT2D eigenvalue weighted by atomic mass is 10.00. The van der Waals surface area contributed by atoms with Crippen LogP contribution in [0.15, 0.2) is 52.5 Å². The lowest BCUT2D eigenvalue weighted by Crippen LogP contribution is -2.39. The molecule has 2 aromatic carbocycles. The molecule has 1 aliphatic carbocycles. The fraction of sp³-hybridized carbons (Fsp3) is 0.517. The van der Waals surface area contributed by atoms with E-state index >= 15 is 0 Å². The second-order valence-electron chi connectivity index (χ2n) is 9.62. The molecule has 0 spiro atoms. The molecule has 0 aromatic heterocycles. The van der Waals surface area contributed by atoms with Crippen LogP contribution in [0.5, 0.6) is 17.2 Å². The predicted molar refractivity (Wildman–Crippen MR) is 153 cm³/mol. The monoisotopic (exact) mass is 559 g/mol. The summed E-state index contributed by atoms with van der Waals surface area (Å²) in [7, 11) is 0.292. The number of hydrogen-bond acceptors (Lipinski definition) is 7. The highest BCUT2D eigenvalue weighted by molar-refractivity contribution is 7.92.